The van der Waals surface area contributed by atoms with Crippen molar-refractivity contribution in [2.45, 2.75) is 0 Å². The van der Waals surface area contributed by atoms with Gasteiger partial charge in [-0.3, -0.25) is 4.79 Å². The monoisotopic (exact) mass is 180 g/mol. The quantitative estimate of drug-likeness (QED) is 0.628. The third-order valence-electron chi connectivity index (χ3n) is 1.63. The Balaban J connectivity index is 2.87. The van der Waals surface area contributed by atoms with Gasteiger partial charge in [0.05, 0.1) is 11.0 Å². The highest BCUT2D eigenvalue weighted by Gasteiger charge is 2.05. The van der Waals surface area contributed by atoms with Gasteiger partial charge < -0.3 is 0 Å². The summed E-state index contributed by atoms with van der Waals surface area (Å²) in [6.07, 6.45) is 0.632. The van der Waals surface area contributed by atoms with E-state index in [0.717, 1.165) is 11.0 Å². The highest BCUT2D eigenvalue weighted by molar-refractivity contribution is 6.20. The van der Waals surface area contributed by atoms with Gasteiger partial charge in [-0.05, 0) is 12.1 Å². The van der Waals surface area contributed by atoms with Crippen LogP contribution >= 0.6 is 11.8 Å². The van der Waals surface area contributed by atoms with E-state index in [2.05, 4.69) is 4.98 Å². The van der Waals surface area contributed by atoms with Crippen LogP contribution in [0.2, 0.25) is 0 Å². The molecular formula is C8H5ClN2O. The first-order valence-corrected chi connectivity index (χ1v) is 3.75. The van der Waals surface area contributed by atoms with E-state index in [1.165, 1.54) is 4.09 Å². The highest BCUT2D eigenvalue weighted by atomic mass is 35.5. The van der Waals surface area contributed by atoms with Crippen molar-refractivity contribution in [2.24, 2.45) is 0 Å². The van der Waals surface area contributed by atoms with Gasteiger partial charge in [0.25, 0.3) is 0 Å². The molecule has 0 atom stereocenters. The van der Waals surface area contributed by atoms with Crippen LogP contribution in [0.4, 0.5) is 0 Å². The Morgan fingerprint density at radius 2 is 2.17 bits per heavy atom. The summed E-state index contributed by atoms with van der Waals surface area (Å²) < 4.78 is 1.25. The molecule has 0 saturated carbocycles. The maximum Gasteiger partial charge on any atom is 0.189 e. The van der Waals surface area contributed by atoms with E-state index in [0.29, 0.717) is 6.29 Å². The van der Waals surface area contributed by atoms with Crippen molar-refractivity contribution in [3.8, 4) is 0 Å². The van der Waals surface area contributed by atoms with E-state index in [4.69, 9.17) is 11.8 Å². The molecule has 0 bridgehead atoms. The summed E-state index contributed by atoms with van der Waals surface area (Å²) in [4.78, 5) is 14.4. The normalized spacial score (nSPS) is 10.4. The maximum atomic E-state index is 10.4. The van der Waals surface area contributed by atoms with Gasteiger partial charge in [0, 0.05) is 11.8 Å². The zero-order valence-corrected chi connectivity index (χ0v) is 6.82. The second-order valence-electron chi connectivity index (χ2n) is 2.36. The molecule has 2 rings (SSSR count). The lowest BCUT2D eigenvalue weighted by molar-refractivity contribution is 0.111. The molecule has 1 aromatic heterocycles. The van der Waals surface area contributed by atoms with Gasteiger partial charge in [0.15, 0.2) is 12.1 Å². The lowest BCUT2D eigenvalue weighted by Gasteiger charge is -1.89. The summed E-state index contributed by atoms with van der Waals surface area (Å²) in [5, 5.41) is 0. The molecule has 3 nitrogen and oxygen atoms in total. The van der Waals surface area contributed by atoms with Gasteiger partial charge in [-0.1, -0.05) is 12.1 Å². The Hall–Kier alpha value is -1.35. The molecule has 12 heavy (non-hydrogen) atoms. The molecule has 0 N–H and O–H groups in total. The van der Waals surface area contributed by atoms with Gasteiger partial charge in [0.1, 0.15) is 0 Å². The molecule has 0 saturated heterocycles. The second kappa shape index (κ2) is 2.60. The minimum absolute atomic E-state index is 0.234. The predicted octanol–water partition coefficient (Wildman–Crippen LogP) is 1.85. The van der Waals surface area contributed by atoms with Crippen molar-refractivity contribution < 1.29 is 4.79 Å². The number of carbonyl (C=O) groups is 1. The standard InChI is InChI=1S/C8H5ClN2O/c9-11-7-4-2-1-3-6(7)10-8(11)5-12/h1-5H. The fraction of sp³-hybridized carbons (Fsp3) is 0. The smallest absolute Gasteiger partial charge is 0.189 e. The largest absolute Gasteiger partial charge is 0.294 e. The first-order chi connectivity index (χ1) is 5.83. The van der Waals surface area contributed by atoms with E-state index in [1.807, 2.05) is 18.2 Å². The number of para-hydroxylation sites is 2. The van der Waals surface area contributed by atoms with E-state index in [1.54, 1.807) is 6.07 Å². The minimum Gasteiger partial charge on any atom is -0.294 e. The lowest BCUT2D eigenvalue weighted by Crippen LogP contribution is -1.88. The number of aldehydes is 1. The number of imidazole rings is 1. The third-order valence-corrected chi connectivity index (χ3v) is 1.99. The van der Waals surface area contributed by atoms with Crippen molar-refractivity contribution in [1.82, 2.24) is 9.07 Å². The van der Waals surface area contributed by atoms with Gasteiger partial charge in [-0.2, -0.15) is 0 Å². The predicted molar refractivity (Wildman–Crippen MR) is 46.4 cm³/mol. The number of fused-ring (bicyclic) bond motifs is 1. The van der Waals surface area contributed by atoms with E-state index >= 15 is 0 Å². The Morgan fingerprint density at radius 1 is 1.42 bits per heavy atom. The molecule has 0 aliphatic rings. The molecule has 1 aromatic carbocycles. The Labute approximate surface area is 73.7 Å². The zero-order valence-electron chi connectivity index (χ0n) is 6.07. The number of aromatic nitrogens is 2. The molecule has 60 valence electrons. The number of hydrogen-bond acceptors (Lipinski definition) is 2. The molecule has 2 aromatic rings. The minimum atomic E-state index is 0.234. The Morgan fingerprint density at radius 3 is 2.83 bits per heavy atom. The highest BCUT2D eigenvalue weighted by Crippen LogP contribution is 2.15. The number of carbonyl (C=O) groups excluding carboxylic acids is 1. The van der Waals surface area contributed by atoms with E-state index in [9.17, 15) is 4.79 Å². The van der Waals surface area contributed by atoms with Crippen LogP contribution in [0, 0.1) is 0 Å². The van der Waals surface area contributed by atoms with Gasteiger partial charge in [0.2, 0.25) is 0 Å². The summed E-state index contributed by atoms with van der Waals surface area (Å²) in [6.45, 7) is 0. The number of nitrogens with zero attached hydrogens (tertiary/aromatic N) is 2. The number of halogens is 1. The van der Waals surface area contributed by atoms with Crippen molar-refractivity contribution in [1.29, 1.82) is 0 Å². The Bertz CT molecular complexity index is 436. The zero-order chi connectivity index (χ0) is 8.55. The third kappa shape index (κ3) is 0.905. The van der Waals surface area contributed by atoms with Crippen molar-refractivity contribution >= 4 is 29.1 Å². The van der Waals surface area contributed by atoms with Crippen molar-refractivity contribution in [3.05, 3.63) is 30.1 Å². The summed E-state index contributed by atoms with van der Waals surface area (Å²) in [5.74, 6) is 0.234. The molecule has 0 unspecified atom stereocenters. The van der Waals surface area contributed by atoms with Crippen LogP contribution in [0.15, 0.2) is 24.3 Å². The number of benzene rings is 1. The van der Waals surface area contributed by atoms with Crippen molar-refractivity contribution in [2.75, 3.05) is 0 Å². The van der Waals surface area contributed by atoms with Crippen LogP contribution in [0.5, 0.6) is 0 Å². The summed E-state index contributed by atoms with van der Waals surface area (Å²) in [6, 6.07) is 7.31. The topological polar surface area (TPSA) is 34.9 Å². The summed E-state index contributed by atoms with van der Waals surface area (Å²) >= 11 is 5.78. The van der Waals surface area contributed by atoms with Crippen LogP contribution in [0.25, 0.3) is 11.0 Å². The fourth-order valence-electron chi connectivity index (χ4n) is 1.09. The van der Waals surface area contributed by atoms with Crippen LogP contribution in [-0.4, -0.2) is 15.4 Å². The first kappa shape index (κ1) is 7.31. The van der Waals surface area contributed by atoms with E-state index in [-0.39, 0.29) is 5.82 Å². The van der Waals surface area contributed by atoms with Crippen LogP contribution in [-0.2, 0) is 0 Å². The fourth-order valence-corrected chi connectivity index (χ4v) is 1.31. The first-order valence-electron chi connectivity index (χ1n) is 3.42. The molecule has 0 amide bonds. The molecule has 0 radical (unpaired) electrons. The molecule has 1 heterocycles. The second-order valence-corrected chi connectivity index (χ2v) is 2.70. The Kier molecular flexibility index (Phi) is 1.59. The van der Waals surface area contributed by atoms with Crippen LogP contribution < -0.4 is 0 Å². The number of rotatable bonds is 1. The van der Waals surface area contributed by atoms with Crippen LogP contribution in [0.1, 0.15) is 10.6 Å². The number of hydrogen-bond donors (Lipinski definition) is 0. The molecule has 4 heteroatoms. The summed E-state index contributed by atoms with van der Waals surface area (Å²) in [7, 11) is 0. The maximum absolute atomic E-state index is 10.4. The van der Waals surface area contributed by atoms with Gasteiger partial charge >= 0.3 is 0 Å². The average Bonchev–Trinajstić information content (AvgIpc) is 2.44. The molecule has 0 aliphatic heterocycles. The van der Waals surface area contributed by atoms with Crippen molar-refractivity contribution in [3.63, 3.8) is 0 Å². The molecule has 0 fully saturated rings. The average molecular weight is 181 g/mol. The summed E-state index contributed by atoms with van der Waals surface area (Å²) in [5.41, 5.74) is 1.48. The molecule has 0 spiro atoms. The molecular weight excluding hydrogens is 176 g/mol. The van der Waals surface area contributed by atoms with Gasteiger partial charge in [-0.15, -0.1) is 0 Å². The van der Waals surface area contributed by atoms with Crippen LogP contribution in [0.3, 0.4) is 0 Å². The SMILES string of the molecule is O=Cc1nc2ccccc2n1Cl. The molecule has 0 aliphatic carbocycles. The van der Waals surface area contributed by atoms with E-state index < -0.39 is 0 Å². The van der Waals surface area contributed by atoms with Gasteiger partial charge in [-0.25, -0.2) is 9.07 Å². The lowest BCUT2D eigenvalue weighted by atomic mass is 10.3.